The van der Waals surface area contributed by atoms with E-state index in [4.69, 9.17) is 0 Å². The zero-order valence-electron chi connectivity index (χ0n) is 16.6. The minimum absolute atomic E-state index is 0.229. The van der Waals surface area contributed by atoms with Gasteiger partial charge in [0.25, 0.3) is 5.91 Å². The Labute approximate surface area is 167 Å². The molecule has 0 aliphatic carbocycles. The van der Waals surface area contributed by atoms with Crippen LogP contribution in [0, 0.1) is 11.6 Å². The van der Waals surface area contributed by atoms with E-state index in [1.165, 1.54) is 12.3 Å². The first-order chi connectivity index (χ1) is 13.7. The van der Waals surface area contributed by atoms with E-state index in [2.05, 4.69) is 20.5 Å². The molecule has 0 bridgehead atoms. The number of amides is 1. The lowest BCUT2D eigenvalue weighted by Gasteiger charge is -2.25. The van der Waals surface area contributed by atoms with Crippen molar-refractivity contribution in [3.05, 3.63) is 53.2 Å². The van der Waals surface area contributed by atoms with Gasteiger partial charge in [-0.3, -0.25) is 9.89 Å². The van der Waals surface area contributed by atoms with Crippen LogP contribution in [0.5, 0.6) is 0 Å². The molecule has 1 amide bonds. The number of nitrogens with zero attached hydrogens (tertiary/aromatic N) is 3. The van der Waals surface area contributed by atoms with Gasteiger partial charge in [0.1, 0.15) is 11.6 Å². The molecule has 29 heavy (non-hydrogen) atoms. The second kappa shape index (κ2) is 7.09. The number of rotatable bonds is 3. The molecule has 152 valence electrons. The average molecular weight is 399 g/mol. The smallest absolute Gasteiger partial charge is 0.253 e. The highest BCUT2D eigenvalue weighted by atomic mass is 19.1. The second-order valence-corrected chi connectivity index (χ2v) is 8.39. The van der Waals surface area contributed by atoms with Crippen LogP contribution in [0.2, 0.25) is 0 Å². The lowest BCUT2D eigenvalue weighted by atomic mass is 10.0. The quantitative estimate of drug-likeness (QED) is 0.695. The van der Waals surface area contributed by atoms with Gasteiger partial charge in [0.2, 0.25) is 0 Å². The third-order valence-electron chi connectivity index (χ3n) is 4.99. The minimum atomic E-state index is -0.469. The van der Waals surface area contributed by atoms with Crippen molar-refractivity contribution in [1.82, 2.24) is 20.5 Å². The van der Waals surface area contributed by atoms with Crippen LogP contribution in [0.4, 0.5) is 14.6 Å². The van der Waals surface area contributed by atoms with E-state index in [9.17, 15) is 13.6 Å². The van der Waals surface area contributed by atoms with Gasteiger partial charge in [-0.25, -0.2) is 13.8 Å². The van der Waals surface area contributed by atoms with E-state index >= 15 is 0 Å². The van der Waals surface area contributed by atoms with Crippen molar-refractivity contribution in [2.45, 2.75) is 45.2 Å². The molecule has 1 unspecified atom stereocenters. The first kappa shape index (κ1) is 19.3. The minimum Gasteiger partial charge on any atom is -0.347 e. The Hall–Kier alpha value is -3.03. The molecule has 1 atom stereocenters. The molecule has 3 aromatic rings. The van der Waals surface area contributed by atoms with Crippen LogP contribution in [-0.2, 0) is 0 Å². The van der Waals surface area contributed by atoms with Crippen LogP contribution in [0.25, 0.3) is 11.0 Å². The lowest BCUT2D eigenvalue weighted by molar-refractivity contribution is 0.0919. The van der Waals surface area contributed by atoms with Crippen molar-refractivity contribution in [3.63, 3.8) is 0 Å². The van der Waals surface area contributed by atoms with E-state index in [1.807, 2.05) is 25.7 Å². The maximum absolute atomic E-state index is 14.4. The molecule has 1 aromatic carbocycles. The van der Waals surface area contributed by atoms with Crippen LogP contribution in [0.15, 0.2) is 30.5 Å². The average Bonchev–Trinajstić information content (AvgIpc) is 3.28. The van der Waals surface area contributed by atoms with E-state index in [-0.39, 0.29) is 17.5 Å². The van der Waals surface area contributed by atoms with Crippen molar-refractivity contribution in [2.75, 3.05) is 11.4 Å². The van der Waals surface area contributed by atoms with Crippen LogP contribution < -0.4 is 10.2 Å². The summed E-state index contributed by atoms with van der Waals surface area (Å²) in [5, 5.41) is 10.8. The predicted molar refractivity (Wildman–Crippen MR) is 107 cm³/mol. The number of anilines is 1. The summed E-state index contributed by atoms with van der Waals surface area (Å²) in [5.41, 5.74) is 0.897. The zero-order valence-corrected chi connectivity index (χ0v) is 16.6. The highest BCUT2D eigenvalue weighted by molar-refractivity contribution is 5.99. The number of nitrogens with one attached hydrogen (secondary N) is 2. The molecule has 4 rings (SSSR count). The molecule has 1 saturated heterocycles. The normalized spacial score (nSPS) is 17.1. The van der Waals surface area contributed by atoms with Crippen LogP contribution >= 0.6 is 0 Å². The fraction of sp³-hybridized carbons (Fsp3) is 0.381. The maximum atomic E-state index is 14.4. The Balaban J connectivity index is 1.72. The summed E-state index contributed by atoms with van der Waals surface area (Å²) < 4.78 is 28.1. The Kier molecular flexibility index (Phi) is 4.72. The van der Waals surface area contributed by atoms with E-state index in [1.54, 1.807) is 6.07 Å². The monoisotopic (exact) mass is 399 g/mol. The van der Waals surface area contributed by atoms with Gasteiger partial charge in [0.15, 0.2) is 11.5 Å². The molecular formula is C21H23F2N5O. The van der Waals surface area contributed by atoms with Gasteiger partial charge in [0, 0.05) is 23.8 Å². The van der Waals surface area contributed by atoms with Crippen molar-refractivity contribution < 1.29 is 13.6 Å². The van der Waals surface area contributed by atoms with Gasteiger partial charge in [-0.05, 0) is 57.9 Å². The maximum Gasteiger partial charge on any atom is 0.253 e. The van der Waals surface area contributed by atoms with Gasteiger partial charge in [0.05, 0.1) is 17.0 Å². The number of pyridine rings is 1. The van der Waals surface area contributed by atoms with Crippen molar-refractivity contribution in [3.8, 4) is 0 Å². The largest absolute Gasteiger partial charge is 0.347 e. The number of hydrogen-bond acceptors (Lipinski definition) is 4. The Morgan fingerprint density at radius 3 is 2.83 bits per heavy atom. The molecular weight excluding hydrogens is 376 g/mol. The lowest BCUT2D eigenvalue weighted by Crippen LogP contribution is -2.40. The Morgan fingerprint density at radius 1 is 1.28 bits per heavy atom. The van der Waals surface area contributed by atoms with E-state index in [0.717, 1.165) is 18.6 Å². The van der Waals surface area contributed by atoms with Crippen molar-refractivity contribution in [2.24, 2.45) is 0 Å². The summed E-state index contributed by atoms with van der Waals surface area (Å²) in [7, 11) is 0. The van der Waals surface area contributed by atoms with Gasteiger partial charge in [-0.15, -0.1) is 0 Å². The number of hydrogen-bond donors (Lipinski definition) is 2. The summed E-state index contributed by atoms with van der Waals surface area (Å²) in [6.45, 7) is 6.37. The molecule has 0 saturated carbocycles. The summed E-state index contributed by atoms with van der Waals surface area (Å²) >= 11 is 0. The number of aromatic nitrogens is 3. The Bertz CT molecular complexity index is 1070. The molecule has 2 aromatic heterocycles. The van der Waals surface area contributed by atoms with Crippen LogP contribution in [-0.4, -0.2) is 33.2 Å². The molecule has 1 aliphatic rings. The molecule has 6 nitrogen and oxygen atoms in total. The van der Waals surface area contributed by atoms with Gasteiger partial charge in [-0.1, -0.05) is 0 Å². The fourth-order valence-corrected chi connectivity index (χ4v) is 3.76. The molecule has 8 heteroatoms. The highest BCUT2D eigenvalue weighted by Crippen LogP contribution is 2.39. The number of carbonyl (C=O) groups is 1. The number of carbonyl (C=O) groups excluding carboxylic acids is 1. The summed E-state index contributed by atoms with van der Waals surface area (Å²) in [6.07, 6.45) is 3.01. The first-order valence-electron chi connectivity index (χ1n) is 9.61. The standard InChI is InChI=1S/C21H23F2N5O/c1-21(2,3)25-20(29)12-9-15-18(24-11-12)26-27-19(15)28-8-4-5-17(28)14-10-13(22)6-7-16(14)23/h6-7,9-11,17H,4-5,8H2,1-3H3,(H,25,29)(H,24,26,27). The SMILES string of the molecule is CC(C)(C)NC(=O)c1cnc2[nH]nc(N3CCCC3c3cc(F)ccc3F)c2c1. The van der Waals surface area contributed by atoms with Crippen LogP contribution in [0.1, 0.15) is 55.6 Å². The molecule has 1 fully saturated rings. The topological polar surface area (TPSA) is 73.9 Å². The fourth-order valence-electron chi connectivity index (χ4n) is 3.76. The Morgan fingerprint density at radius 2 is 2.07 bits per heavy atom. The summed E-state index contributed by atoms with van der Waals surface area (Å²) in [4.78, 5) is 18.8. The van der Waals surface area contributed by atoms with Crippen molar-refractivity contribution in [1.29, 1.82) is 0 Å². The van der Waals surface area contributed by atoms with Gasteiger partial charge < -0.3 is 10.2 Å². The summed E-state index contributed by atoms with van der Waals surface area (Å²) in [6, 6.07) is 4.92. The zero-order chi connectivity index (χ0) is 20.8. The van der Waals surface area contributed by atoms with Gasteiger partial charge >= 0.3 is 0 Å². The number of aromatic amines is 1. The van der Waals surface area contributed by atoms with Crippen molar-refractivity contribution >= 4 is 22.8 Å². The number of H-pyrrole nitrogens is 1. The van der Waals surface area contributed by atoms with Crippen LogP contribution in [0.3, 0.4) is 0 Å². The molecule has 1 aliphatic heterocycles. The molecule has 2 N–H and O–H groups in total. The van der Waals surface area contributed by atoms with Gasteiger partial charge in [-0.2, -0.15) is 5.10 Å². The van der Waals surface area contributed by atoms with E-state index < -0.39 is 11.6 Å². The number of benzene rings is 1. The molecule has 3 heterocycles. The second-order valence-electron chi connectivity index (χ2n) is 8.39. The molecule has 0 radical (unpaired) electrons. The predicted octanol–water partition coefficient (Wildman–Crippen LogP) is 4.11. The van der Waals surface area contributed by atoms with E-state index in [0.29, 0.717) is 40.9 Å². The third-order valence-corrected chi connectivity index (χ3v) is 4.99. The highest BCUT2D eigenvalue weighted by Gasteiger charge is 2.31. The first-order valence-corrected chi connectivity index (χ1v) is 9.61. The number of fused-ring (bicyclic) bond motifs is 1. The number of halogens is 2. The third kappa shape index (κ3) is 3.79. The summed E-state index contributed by atoms with van der Waals surface area (Å²) in [5.74, 6) is -0.549. The molecule has 0 spiro atoms.